The maximum atomic E-state index is 9.60. The number of sulfonamides is 1. The fourth-order valence-electron chi connectivity index (χ4n) is 0.144. The van der Waals surface area contributed by atoms with Crippen LogP contribution in [0.25, 0.3) is 0 Å². The fourth-order valence-corrected chi connectivity index (χ4v) is 0.144. The van der Waals surface area contributed by atoms with E-state index >= 15 is 0 Å². The molecule has 0 aliphatic carbocycles. The van der Waals surface area contributed by atoms with Crippen LogP contribution in [0.3, 0.4) is 0 Å². The predicted molar refractivity (Wildman–Crippen MR) is 45.9 cm³/mol. The predicted octanol–water partition coefficient (Wildman–Crippen LogP) is -0.137. The van der Waals surface area contributed by atoms with E-state index in [0.717, 1.165) is 6.26 Å². The Morgan fingerprint density at radius 1 is 1.33 bits per heavy atom. The average molecular weight is 197 g/mol. The molecule has 6 heteroatoms. The molecule has 0 aromatic carbocycles. The van der Waals surface area contributed by atoms with Crippen LogP contribution in [0.1, 0.15) is 20.8 Å². The Morgan fingerprint density at radius 2 is 1.58 bits per heavy atom. The highest BCUT2D eigenvalue weighted by molar-refractivity contribution is 7.88. The number of carbonyl (C=O) groups is 1. The first kappa shape index (κ1) is 13.9. The van der Waals surface area contributed by atoms with E-state index in [0.29, 0.717) is 6.47 Å². The maximum absolute atomic E-state index is 9.60. The van der Waals surface area contributed by atoms with E-state index in [2.05, 4.69) is 9.88 Å². The lowest BCUT2D eigenvalue weighted by atomic mass is 10.2. The second-order valence-electron chi connectivity index (χ2n) is 3.16. The van der Waals surface area contributed by atoms with Gasteiger partial charge in [0.05, 0.1) is 6.26 Å². The summed E-state index contributed by atoms with van der Waals surface area (Å²) in [5.74, 6) is 0. The van der Waals surface area contributed by atoms with Crippen LogP contribution in [0, 0.1) is 0 Å². The molecule has 0 aromatic rings. The molecule has 0 saturated carbocycles. The summed E-state index contributed by atoms with van der Waals surface area (Å²) in [5.41, 5.74) is -0.318. The van der Waals surface area contributed by atoms with Crippen molar-refractivity contribution in [2.45, 2.75) is 26.4 Å². The van der Waals surface area contributed by atoms with E-state index < -0.39 is 10.0 Å². The molecule has 0 aliphatic heterocycles. The quantitative estimate of drug-likeness (QED) is 0.593. The monoisotopic (exact) mass is 197 g/mol. The Kier molecular flexibility index (Phi) is 5.92. The van der Waals surface area contributed by atoms with Gasteiger partial charge in [-0.05, 0) is 20.8 Å². The lowest BCUT2D eigenvalue weighted by molar-refractivity contribution is -0.138. The second-order valence-corrected chi connectivity index (χ2v) is 4.82. The van der Waals surface area contributed by atoms with Crippen molar-refractivity contribution >= 4 is 16.5 Å². The SMILES string of the molecule is CC(C)(C)OC=O.CS(N)(=O)=O. The van der Waals surface area contributed by atoms with Gasteiger partial charge in [0, 0.05) is 0 Å². The molecule has 74 valence electrons. The van der Waals surface area contributed by atoms with E-state index in [9.17, 15) is 13.2 Å². The van der Waals surface area contributed by atoms with Gasteiger partial charge in [0.1, 0.15) is 5.60 Å². The lowest BCUT2D eigenvalue weighted by Gasteiger charge is -2.14. The van der Waals surface area contributed by atoms with Crippen molar-refractivity contribution in [2.75, 3.05) is 6.26 Å². The molecule has 0 bridgehead atoms. The summed E-state index contributed by atoms with van der Waals surface area (Å²) in [5, 5.41) is 4.33. The summed E-state index contributed by atoms with van der Waals surface area (Å²) >= 11 is 0. The zero-order valence-corrected chi connectivity index (χ0v) is 8.51. The van der Waals surface area contributed by atoms with Crippen LogP contribution in [0.2, 0.25) is 0 Å². The van der Waals surface area contributed by atoms with Crippen molar-refractivity contribution in [1.82, 2.24) is 0 Å². The molecule has 0 aliphatic rings. The van der Waals surface area contributed by atoms with Gasteiger partial charge >= 0.3 is 0 Å². The van der Waals surface area contributed by atoms with Gasteiger partial charge in [-0.25, -0.2) is 13.6 Å². The fraction of sp³-hybridized carbons (Fsp3) is 0.833. The van der Waals surface area contributed by atoms with Crippen molar-refractivity contribution in [2.24, 2.45) is 5.14 Å². The number of nitrogens with two attached hydrogens (primary N) is 1. The van der Waals surface area contributed by atoms with Crippen LogP contribution < -0.4 is 5.14 Å². The first-order chi connectivity index (χ1) is 5.06. The van der Waals surface area contributed by atoms with Crippen LogP contribution in [0.4, 0.5) is 0 Å². The van der Waals surface area contributed by atoms with Gasteiger partial charge in [0.2, 0.25) is 10.0 Å². The Labute approximate surface area is 72.9 Å². The van der Waals surface area contributed by atoms with Crippen LogP contribution in [-0.2, 0) is 19.6 Å². The number of hydrogen-bond donors (Lipinski definition) is 1. The van der Waals surface area contributed by atoms with Crippen molar-refractivity contribution in [3.05, 3.63) is 0 Å². The smallest absolute Gasteiger partial charge is 0.293 e. The van der Waals surface area contributed by atoms with Gasteiger partial charge in [0.15, 0.2) is 0 Å². The minimum atomic E-state index is -3.17. The van der Waals surface area contributed by atoms with E-state index in [1.807, 2.05) is 20.8 Å². The van der Waals surface area contributed by atoms with Crippen molar-refractivity contribution < 1.29 is 17.9 Å². The second kappa shape index (κ2) is 5.10. The van der Waals surface area contributed by atoms with E-state index in [1.165, 1.54) is 0 Å². The lowest BCUT2D eigenvalue weighted by Crippen LogP contribution is -2.17. The molecular formula is C6H15NO4S. The molecule has 0 unspecified atom stereocenters. The molecule has 0 saturated heterocycles. The third-order valence-electron chi connectivity index (χ3n) is 0.402. The third kappa shape index (κ3) is 57.7. The number of ether oxygens (including phenoxy) is 1. The van der Waals surface area contributed by atoms with Crippen molar-refractivity contribution in [3.63, 3.8) is 0 Å². The molecule has 0 amide bonds. The summed E-state index contributed by atoms with van der Waals surface area (Å²) in [4.78, 5) is 9.60. The van der Waals surface area contributed by atoms with Gasteiger partial charge in [-0.3, -0.25) is 4.79 Å². The Balaban J connectivity index is 0. The van der Waals surface area contributed by atoms with E-state index in [1.54, 1.807) is 0 Å². The molecule has 0 rings (SSSR count). The summed E-state index contributed by atoms with van der Waals surface area (Å²) < 4.78 is 23.4. The van der Waals surface area contributed by atoms with Gasteiger partial charge in [0.25, 0.3) is 6.47 Å². The first-order valence-electron chi connectivity index (χ1n) is 3.15. The standard InChI is InChI=1S/C5H10O2.CH5NO2S/c1-5(2,3)7-4-6;1-5(2,3)4/h4H,1-3H3;1H3,(H2,2,3,4). The van der Waals surface area contributed by atoms with Crippen molar-refractivity contribution in [3.8, 4) is 0 Å². The molecule has 5 nitrogen and oxygen atoms in total. The van der Waals surface area contributed by atoms with Crippen molar-refractivity contribution in [1.29, 1.82) is 0 Å². The molecular weight excluding hydrogens is 182 g/mol. The minimum absolute atomic E-state index is 0.318. The largest absolute Gasteiger partial charge is 0.462 e. The summed E-state index contributed by atoms with van der Waals surface area (Å²) in [7, 11) is -3.17. The number of primary sulfonamides is 1. The molecule has 0 fully saturated rings. The van der Waals surface area contributed by atoms with Gasteiger partial charge in [-0.2, -0.15) is 0 Å². The zero-order chi connectivity index (χ0) is 10.4. The van der Waals surface area contributed by atoms with Gasteiger partial charge in [-0.15, -0.1) is 0 Å². The molecule has 0 radical (unpaired) electrons. The van der Waals surface area contributed by atoms with Crippen LogP contribution in [-0.4, -0.2) is 26.7 Å². The zero-order valence-electron chi connectivity index (χ0n) is 7.70. The minimum Gasteiger partial charge on any atom is -0.462 e. The Hall–Kier alpha value is -0.620. The average Bonchev–Trinajstić information content (AvgIpc) is 1.54. The van der Waals surface area contributed by atoms with Crippen LogP contribution >= 0.6 is 0 Å². The van der Waals surface area contributed by atoms with E-state index in [-0.39, 0.29) is 5.60 Å². The highest BCUT2D eigenvalue weighted by Gasteiger charge is 2.07. The van der Waals surface area contributed by atoms with Crippen LogP contribution in [0.15, 0.2) is 0 Å². The maximum Gasteiger partial charge on any atom is 0.293 e. The highest BCUT2D eigenvalue weighted by atomic mass is 32.2. The summed E-state index contributed by atoms with van der Waals surface area (Å²) in [6.45, 7) is 5.92. The normalized spacial score (nSPS) is 11.1. The third-order valence-corrected chi connectivity index (χ3v) is 0.402. The number of rotatable bonds is 1. The molecule has 12 heavy (non-hydrogen) atoms. The summed E-state index contributed by atoms with van der Waals surface area (Å²) in [6, 6.07) is 0. The van der Waals surface area contributed by atoms with Crippen LogP contribution in [0.5, 0.6) is 0 Å². The van der Waals surface area contributed by atoms with Gasteiger partial charge < -0.3 is 4.74 Å². The highest BCUT2D eigenvalue weighted by Crippen LogP contribution is 2.02. The summed E-state index contributed by atoms with van der Waals surface area (Å²) in [6.07, 6.45) is 0.938. The molecule has 0 heterocycles. The molecule has 2 N–H and O–H groups in total. The molecule has 0 aromatic heterocycles. The van der Waals surface area contributed by atoms with E-state index in [4.69, 9.17) is 0 Å². The first-order valence-corrected chi connectivity index (χ1v) is 5.11. The Bertz CT molecular complexity index is 206. The molecule has 0 atom stereocenters. The number of hydrogen-bond acceptors (Lipinski definition) is 4. The number of carbonyl (C=O) groups excluding carboxylic acids is 1. The topological polar surface area (TPSA) is 86.5 Å². The van der Waals surface area contributed by atoms with Gasteiger partial charge in [-0.1, -0.05) is 0 Å². The Morgan fingerprint density at radius 3 is 1.58 bits per heavy atom. The molecule has 0 spiro atoms.